The van der Waals surface area contributed by atoms with Crippen LogP contribution in [0.1, 0.15) is 11.3 Å². The van der Waals surface area contributed by atoms with E-state index in [2.05, 4.69) is 9.88 Å². The molecule has 0 aliphatic heterocycles. The van der Waals surface area contributed by atoms with E-state index in [1.54, 1.807) is 6.92 Å². The molecule has 0 amide bonds. The van der Waals surface area contributed by atoms with E-state index in [0.717, 1.165) is 12.1 Å². The summed E-state index contributed by atoms with van der Waals surface area (Å²) in [6.45, 7) is 1.63. The van der Waals surface area contributed by atoms with Crippen molar-refractivity contribution in [2.75, 3.05) is 4.72 Å². The summed E-state index contributed by atoms with van der Waals surface area (Å²) in [5.74, 6) is 0.523. The topological polar surface area (TPSA) is 72.2 Å². The first-order chi connectivity index (χ1) is 12.1. The van der Waals surface area contributed by atoms with Gasteiger partial charge in [-0.25, -0.2) is 8.42 Å². The second-order valence-corrected chi connectivity index (χ2v) is 7.21. The van der Waals surface area contributed by atoms with Crippen LogP contribution >= 0.6 is 0 Å². The Morgan fingerprint density at radius 1 is 0.962 bits per heavy atom. The van der Waals surface area contributed by atoms with Crippen LogP contribution in [0.15, 0.2) is 64.0 Å². The molecule has 1 N–H and O–H groups in total. The Morgan fingerprint density at radius 3 is 1.96 bits per heavy atom. The Labute approximate surface area is 147 Å². The molecule has 136 valence electrons. The molecule has 0 saturated carbocycles. The number of aryl methyl sites for hydroxylation is 1. The third-order valence-electron chi connectivity index (χ3n) is 3.58. The normalized spacial score (nSPS) is 12.2. The number of rotatable bonds is 4. The maximum atomic E-state index is 12.6. The predicted molar refractivity (Wildman–Crippen MR) is 88.9 cm³/mol. The predicted octanol–water partition coefficient (Wildman–Crippen LogP) is 4.47. The average Bonchev–Trinajstić information content (AvgIpc) is 2.98. The zero-order valence-corrected chi connectivity index (χ0v) is 14.2. The molecule has 3 aromatic rings. The van der Waals surface area contributed by atoms with E-state index in [9.17, 15) is 21.6 Å². The summed E-state index contributed by atoms with van der Waals surface area (Å²) in [7, 11) is -3.85. The van der Waals surface area contributed by atoms with E-state index in [1.165, 1.54) is 42.5 Å². The second kappa shape index (κ2) is 6.49. The summed E-state index contributed by atoms with van der Waals surface area (Å²) < 4.78 is 69.5. The molecule has 0 radical (unpaired) electrons. The maximum absolute atomic E-state index is 12.6. The number of hydrogen-bond acceptors (Lipinski definition) is 4. The molecule has 2 aromatic carbocycles. The first kappa shape index (κ1) is 18.0. The van der Waals surface area contributed by atoms with Crippen molar-refractivity contribution in [3.63, 3.8) is 0 Å². The van der Waals surface area contributed by atoms with Gasteiger partial charge in [-0.3, -0.25) is 4.72 Å². The van der Waals surface area contributed by atoms with Gasteiger partial charge in [0.15, 0.2) is 5.82 Å². The minimum absolute atomic E-state index is 0.00573. The van der Waals surface area contributed by atoms with Gasteiger partial charge in [-0.15, -0.1) is 0 Å². The number of sulfonamides is 1. The molecule has 0 unspecified atom stereocenters. The molecule has 0 bridgehead atoms. The molecule has 5 nitrogen and oxygen atoms in total. The van der Waals surface area contributed by atoms with Gasteiger partial charge in [0.2, 0.25) is 0 Å². The highest BCUT2D eigenvalue weighted by Crippen LogP contribution is 2.31. The van der Waals surface area contributed by atoms with Gasteiger partial charge >= 0.3 is 6.18 Å². The van der Waals surface area contributed by atoms with Crippen LogP contribution in [-0.2, 0) is 16.2 Å². The fourth-order valence-electron chi connectivity index (χ4n) is 2.29. The Balaban J connectivity index is 1.81. The van der Waals surface area contributed by atoms with Crippen molar-refractivity contribution in [1.82, 2.24) is 5.16 Å². The highest BCUT2D eigenvalue weighted by Gasteiger charge is 2.30. The number of nitrogens with one attached hydrogen (secondary N) is 1. The van der Waals surface area contributed by atoms with Gasteiger partial charge < -0.3 is 4.52 Å². The number of hydrogen-bond donors (Lipinski definition) is 1. The molecule has 3 rings (SSSR count). The van der Waals surface area contributed by atoms with Crippen LogP contribution < -0.4 is 4.72 Å². The van der Waals surface area contributed by atoms with Crippen molar-refractivity contribution in [3.8, 4) is 11.1 Å². The highest BCUT2D eigenvalue weighted by atomic mass is 32.2. The van der Waals surface area contributed by atoms with E-state index < -0.39 is 21.8 Å². The number of halogens is 3. The number of aromatic nitrogens is 1. The zero-order chi connectivity index (χ0) is 18.9. The van der Waals surface area contributed by atoms with Crippen molar-refractivity contribution in [3.05, 3.63) is 65.9 Å². The van der Waals surface area contributed by atoms with Crippen LogP contribution in [0.3, 0.4) is 0 Å². The molecule has 0 aliphatic rings. The molecule has 0 aliphatic carbocycles. The summed E-state index contributed by atoms with van der Waals surface area (Å²) in [6, 6.07) is 11.8. The van der Waals surface area contributed by atoms with Crippen molar-refractivity contribution in [2.45, 2.75) is 18.0 Å². The third-order valence-corrected chi connectivity index (χ3v) is 4.95. The summed E-state index contributed by atoms with van der Waals surface area (Å²) in [6.07, 6.45) is -4.40. The molecule has 1 heterocycles. The van der Waals surface area contributed by atoms with Crippen LogP contribution in [0, 0.1) is 6.92 Å². The van der Waals surface area contributed by atoms with E-state index in [4.69, 9.17) is 4.52 Å². The van der Waals surface area contributed by atoms with Crippen molar-refractivity contribution < 1.29 is 26.1 Å². The molecule has 0 saturated heterocycles. The molecule has 0 atom stereocenters. The monoisotopic (exact) mass is 382 g/mol. The Bertz CT molecular complexity index is 1010. The maximum Gasteiger partial charge on any atom is 0.416 e. The lowest BCUT2D eigenvalue weighted by Gasteiger charge is -2.09. The van der Waals surface area contributed by atoms with Gasteiger partial charge in [0.1, 0.15) is 5.76 Å². The lowest BCUT2D eigenvalue weighted by molar-refractivity contribution is -0.137. The zero-order valence-electron chi connectivity index (χ0n) is 13.4. The van der Waals surface area contributed by atoms with Gasteiger partial charge in [-0.2, -0.15) is 13.2 Å². The highest BCUT2D eigenvalue weighted by molar-refractivity contribution is 7.92. The van der Waals surface area contributed by atoms with Crippen molar-refractivity contribution in [2.24, 2.45) is 0 Å². The van der Waals surface area contributed by atoms with Crippen molar-refractivity contribution in [1.29, 1.82) is 0 Å². The third kappa shape index (κ3) is 3.88. The van der Waals surface area contributed by atoms with Crippen LogP contribution in [0.25, 0.3) is 11.1 Å². The molecule has 1 aromatic heterocycles. The first-order valence-corrected chi connectivity index (χ1v) is 8.87. The van der Waals surface area contributed by atoms with E-state index in [0.29, 0.717) is 16.9 Å². The van der Waals surface area contributed by atoms with Crippen LogP contribution in [0.4, 0.5) is 19.0 Å². The van der Waals surface area contributed by atoms with Gasteiger partial charge in [0.25, 0.3) is 10.0 Å². The summed E-state index contributed by atoms with van der Waals surface area (Å²) in [5.41, 5.74) is 0.393. The Morgan fingerprint density at radius 2 is 1.50 bits per heavy atom. The van der Waals surface area contributed by atoms with Gasteiger partial charge in [0.05, 0.1) is 10.5 Å². The fraction of sp³-hybridized carbons (Fsp3) is 0.118. The van der Waals surface area contributed by atoms with Crippen LogP contribution in [0.2, 0.25) is 0 Å². The molecule has 0 spiro atoms. The smallest absolute Gasteiger partial charge is 0.360 e. The Kier molecular flexibility index (Phi) is 4.49. The lowest BCUT2D eigenvalue weighted by atomic mass is 10.0. The summed E-state index contributed by atoms with van der Waals surface area (Å²) in [5, 5.41) is 3.56. The van der Waals surface area contributed by atoms with E-state index in [-0.39, 0.29) is 10.7 Å². The number of nitrogens with zero attached hydrogens (tertiary/aromatic N) is 1. The van der Waals surface area contributed by atoms with E-state index in [1.807, 2.05) is 0 Å². The quantitative estimate of drug-likeness (QED) is 0.723. The fourth-order valence-corrected chi connectivity index (χ4v) is 3.27. The minimum atomic E-state index is -4.40. The molecule has 0 fully saturated rings. The van der Waals surface area contributed by atoms with Crippen LogP contribution in [-0.4, -0.2) is 13.6 Å². The SMILES string of the molecule is Cc1cc(NS(=O)(=O)c2ccc(-c3ccc(C(F)(F)F)cc3)cc2)no1. The Hall–Kier alpha value is -2.81. The molecule has 9 heteroatoms. The van der Waals surface area contributed by atoms with Crippen molar-refractivity contribution >= 4 is 15.8 Å². The summed E-state index contributed by atoms with van der Waals surface area (Å²) >= 11 is 0. The average molecular weight is 382 g/mol. The molecule has 26 heavy (non-hydrogen) atoms. The van der Waals surface area contributed by atoms with Gasteiger partial charge in [0, 0.05) is 6.07 Å². The number of alkyl halides is 3. The standard InChI is InChI=1S/C17H13F3N2O3S/c1-11-10-16(21-25-11)22-26(23,24)15-8-4-13(5-9-15)12-2-6-14(7-3-12)17(18,19)20/h2-10H,1H3,(H,21,22). The molecular weight excluding hydrogens is 369 g/mol. The minimum Gasteiger partial charge on any atom is -0.360 e. The second-order valence-electron chi connectivity index (χ2n) is 5.53. The van der Waals surface area contributed by atoms with Gasteiger partial charge in [-0.1, -0.05) is 29.4 Å². The van der Waals surface area contributed by atoms with Gasteiger partial charge in [-0.05, 0) is 42.3 Å². The van der Waals surface area contributed by atoms with Crippen LogP contribution in [0.5, 0.6) is 0 Å². The number of benzene rings is 2. The molecular formula is C17H13F3N2O3S. The lowest BCUT2D eigenvalue weighted by Crippen LogP contribution is -2.13. The number of anilines is 1. The van der Waals surface area contributed by atoms with E-state index >= 15 is 0 Å². The first-order valence-electron chi connectivity index (χ1n) is 7.39. The largest absolute Gasteiger partial charge is 0.416 e. The summed E-state index contributed by atoms with van der Waals surface area (Å²) in [4.78, 5) is -0.00573.